The summed E-state index contributed by atoms with van der Waals surface area (Å²) in [6.07, 6.45) is 2.17. The van der Waals surface area contributed by atoms with E-state index in [0.29, 0.717) is 18.0 Å². The molecule has 0 radical (unpaired) electrons. The molecule has 1 atom stereocenters. The molecule has 0 saturated carbocycles. The van der Waals surface area contributed by atoms with Gasteiger partial charge >= 0.3 is 0 Å². The van der Waals surface area contributed by atoms with Gasteiger partial charge in [-0.2, -0.15) is 0 Å². The number of aromatic nitrogens is 2. The number of nitrogens with one attached hydrogen (secondary N) is 1. The second-order valence-electron chi connectivity index (χ2n) is 6.33. The third-order valence-corrected chi connectivity index (χ3v) is 4.56. The fraction of sp³-hybridized carbons (Fsp3) is 0.316. The first kappa shape index (κ1) is 18.6. The minimum absolute atomic E-state index is 0. The van der Waals surface area contributed by atoms with E-state index in [1.54, 1.807) is 30.3 Å². The van der Waals surface area contributed by atoms with Crippen LogP contribution < -0.4 is 10.1 Å². The Morgan fingerprint density at radius 3 is 2.69 bits per heavy atom. The Morgan fingerprint density at radius 2 is 1.92 bits per heavy atom. The van der Waals surface area contributed by atoms with Crippen molar-refractivity contribution < 1.29 is 13.5 Å². The van der Waals surface area contributed by atoms with Gasteiger partial charge in [0.2, 0.25) is 5.88 Å². The molecule has 1 saturated heterocycles. The minimum atomic E-state index is -0.420. The highest BCUT2D eigenvalue weighted by Gasteiger charge is 2.20. The Morgan fingerprint density at radius 1 is 1.12 bits per heavy atom. The first-order valence-electron chi connectivity index (χ1n) is 8.49. The molecule has 1 aliphatic rings. The van der Waals surface area contributed by atoms with Crippen molar-refractivity contribution in [2.45, 2.75) is 12.8 Å². The zero-order valence-corrected chi connectivity index (χ0v) is 14.9. The van der Waals surface area contributed by atoms with Gasteiger partial charge in [-0.05, 0) is 43.7 Å². The molecule has 1 unspecified atom stereocenters. The third kappa shape index (κ3) is 3.52. The molecule has 7 heteroatoms. The van der Waals surface area contributed by atoms with Gasteiger partial charge in [0.25, 0.3) is 0 Å². The number of fused-ring (bicyclic) bond motifs is 1. The van der Waals surface area contributed by atoms with Crippen LogP contribution in [0.4, 0.5) is 8.78 Å². The molecule has 4 rings (SSSR count). The summed E-state index contributed by atoms with van der Waals surface area (Å²) in [7, 11) is 0. The fourth-order valence-electron chi connectivity index (χ4n) is 3.27. The molecule has 138 valence electrons. The van der Waals surface area contributed by atoms with Gasteiger partial charge in [-0.15, -0.1) is 17.5 Å². The number of rotatable bonds is 4. The molecule has 1 aliphatic heterocycles. The summed E-state index contributed by atoms with van der Waals surface area (Å²) in [6.45, 7) is 2.37. The van der Waals surface area contributed by atoms with E-state index < -0.39 is 11.6 Å². The molecule has 4 nitrogen and oxygen atoms in total. The highest BCUT2D eigenvalue weighted by atomic mass is 35.5. The molecule has 0 bridgehead atoms. The summed E-state index contributed by atoms with van der Waals surface area (Å²) in [6, 6.07) is 11.0. The van der Waals surface area contributed by atoms with Gasteiger partial charge in [0.05, 0.1) is 17.5 Å². The summed E-state index contributed by atoms with van der Waals surface area (Å²) in [5.41, 5.74) is 0.758. The smallest absolute Gasteiger partial charge is 0.244 e. The molecule has 26 heavy (non-hydrogen) atoms. The number of hydrogen-bond acceptors (Lipinski definition) is 3. The van der Waals surface area contributed by atoms with Crippen LogP contribution in [0.1, 0.15) is 12.8 Å². The van der Waals surface area contributed by atoms with Crippen LogP contribution in [0.5, 0.6) is 5.88 Å². The van der Waals surface area contributed by atoms with Crippen molar-refractivity contribution in [1.29, 1.82) is 0 Å². The zero-order chi connectivity index (χ0) is 17.2. The van der Waals surface area contributed by atoms with Crippen molar-refractivity contribution in [1.82, 2.24) is 15.1 Å². The maximum Gasteiger partial charge on any atom is 0.244 e. The predicted molar refractivity (Wildman–Crippen MR) is 99.3 cm³/mol. The summed E-state index contributed by atoms with van der Waals surface area (Å²) in [5.74, 6) is -0.257. The molecule has 0 aliphatic carbocycles. The normalized spacial score (nSPS) is 17.1. The van der Waals surface area contributed by atoms with Gasteiger partial charge in [0.1, 0.15) is 17.3 Å². The summed E-state index contributed by atoms with van der Waals surface area (Å²) in [4.78, 5) is 0. The van der Waals surface area contributed by atoms with Crippen LogP contribution in [0, 0.1) is 17.6 Å². The topological polar surface area (TPSA) is 39.1 Å². The lowest BCUT2D eigenvalue weighted by atomic mass is 10.0. The second kappa shape index (κ2) is 8.01. The quantitative estimate of drug-likeness (QED) is 0.741. The van der Waals surface area contributed by atoms with Gasteiger partial charge in [-0.1, -0.05) is 18.2 Å². The number of halogens is 3. The van der Waals surface area contributed by atoms with E-state index >= 15 is 0 Å². The summed E-state index contributed by atoms with van der Waals surface area (Å²) < 4.78 is 35.8. The summed E-state index contributed by atoms with van der Waals surface area (Å²) >= 11 is 0. The second-order valence-corrected chi connectivity index (χ2v) is 6.33. The average molecular weight is 380 g/mol. The maximum absolute atomic E-state index is 14.4. The van der Waals surface area contributed by atoms with E-state index in [-0.39, 0.29) is 29.4 Å². The molecular weight excluding hydrogens is 360 g/mol. The van der Waals surface area contributed by atoms with Crippen molar-refractivity contribution >= 4 is 23.3 Å². The van der Waals surface area contributed by atoms with Crippen molar-refractivity contribution in [3.8, 4) is 11.6 Å². The van der Waals surface area contributed by atoms with Crippen LogP contribution in [0.25, 0.3) is 16.6 Å². The number of piperidine rings is 1. The Hall–Kier alpha value is -2.18. The average Bonchev–Trinajstić information content (AvgIpc) is 3.01. The highest BCUT2D eigenvalue weighted by molar-refractivity contribution is 5.86. The molecule has 2 heterocycles. The van der Waals surface area contributed by atoms with Gasteiger partial charge in [0, 0.05) is 12.5 Å². The minimum Gasteiger partial charge on any atom is -0.476 e. The molecule has 1 aromatic heterocycles. The van der Waals surface area contributed by atoms with Crippen molar-refractivity contribution in [3.05, 3.63) is 54.1 Å². The van der Waals surface area contributed by atoms with Crippen LogP contribution in [-0.2, 0) is 0 Å². The van der Waals surface area contributed by atoms with E-state index in [0.717, 1.165) is 25.9 Å². The predicted octanol–water partition coefficient (Wildman–Crippen LogP) is 4.10. The number of benzene rings is 2. The van der Waals surface area contributed by atoms with E-state index in [2.05, 4.69) is 10.4 Å². The maximum atomic E-state index is 14.4. The fourth-order valence-corrected chi connectivity index (χ4v) is 3.27. The third-order valence-electron chi connectivity index (χ3n) is 4.56. The lowest BCUT2D eigenvalue weighted by molar-refractivity contribution is 0.213. The van der Waals surface area contributed by atoms with Crippen molar-refractivity contribution in [2.24, 2.45) is 5.92 Å². The van der Waals surface area contributed by atoms with Crippen molar-refractivity contribution in [2.75, 3.05) is 19.7 Å². The highest BCUT2D eigenvalue weighted by Crippen LogP contribution is 2.31. The molecule has 2 aromatic carbocycles. The lowest BCUT2D eigenvalue weighted by Gasteiger charge is -2.22. The number of hydrogen-bond donors (Lipinski definition) is 1. The first-order valence-corrected chi connectivity index (χ1v) is 8.49. The Balaban J connectivity index is 0.00000196. The molecule has 1 fully saturated rings. The molecular formula is C19H20ClF2N3O. The van der Waals surface area contributed by atoms with Crippen LogP contribution in [0.2, 0.25) is 0 Å². The Kier molecular flexibility index (Phi) is 5.74. The van der Waals surface area contributed by atoms with Gasteiger partial charge in [-0.25, -0.2) is 13.5 Å². The van der Waals surface area contributed by atoms with E-state index in [4.69, 9.17) is 4.74 Å². The SMILES string of the molecule is Cl.Fc1ccccc1-n1nc(OCC2CCCNC2)c2c(F)cccc21. The van der Waals surface area contributed by atoms with Crippen LogP contribution in [0.15, 0.2) is 42.5 Å². The number of nitrogens with zero attached hydrogens (tertiary/aromatic N) is 2. The molecule has 1 N–H and O–H groups in total. The van der Waals surface area contributed by atoms with Gasteiger partial charge in [-0.3, -0.25) is 0 Å². The Labute approximate surface area is 156 Å². The largest absolute Gasteiger partial charge is 0.476 e. The van der Waals surface area contributed by atoms with Crippen LogP contribution in [0.3, 0.4) is 0 Å². The van der Waals surface area contributed by atoms with E-state index in [9.17, 15) is 8.78 Å². The number of para-hydroxylation sites is 1. The molecule has 3 aromatic rings. The first-order chi connectivity index (χ1) is 12.2. The monoisotopic (exact) mass is 379 g/mol. The molecule has 0 amide bonds. The van der Waals surface area contributed by atoms with Crippen LogP contribution >= 0.6 is 12.4 Å². The standard InChI is InChI=1S/C19H19F2N3O.ClH/c20-14-6-1-2-8-16(14)24-17-9-3-7-15(21)18(17)19(23-24)25-12-13-5-4-10-22-11-13;/h1-3,6-9,13,22H,4-5,10-12H2;1H. The van der Waals surface area contributed by atoms with Gasteiger partial charge in [0.15, 0.2) is 0 Å². The molecule has 0 spiro atoms. The Bertz CT molecular complexity index is 894. The van der Waals surface area contributed by atoms with Gasteiger partial charge < -0.3 is 10.1 Å². The van der Waals surface area contributed by atoms with E-state index in [1.165, 1.54) is 16.8 Å². The van der Waals surface area contributed by atoms with Crippen LogP contribution in [-0.4, -0.2) is 29.5 Å². The van der Waals surface area contributed by atoms with Crippen molar-refractivity contribution in [3.63, 3.8) is 0 Å². The van der Waals surface area contributed by atoms with E-state index in [1.807, 2.05) is 0 Å². The summed E-state index contributed by atoms with van der Waals surface area (Å²) in [5, 5.41) is 7.98. The lowest BCUT2D eigenvalue weighted by Crippen LogP contribution is -2.33. The number of ether oxygens (including phenoxy) is 1. The zero-order valence-electron chi connectivity index (χ0n) is 14.1.